The number of hydrogen-bond donors (Lipinski definition) is 0. The lowest BCUT2D eigenvalue weighted by molar-refractivity contribution is 0.171. The molecule has 1 aliphatic rings. The van der Waals surface area contributed by atoms with Gasteiger partial charge < -0.3 is 19.1 Å². The molecule has 26 heavy (non-hydrogen) atoms. The van der Waals surface area contributed by atoms with Gasteiger partial charge in [-0.1, -0.05) is 24.3 Å². The van der Waals surface area contributed by atoms with Gasteiger partial charge in [0, 0.05) is 25.7 Å². The Morgan fingerprint density at radius 1 is 1.12 bits per heavy atom. The molecule has 1 aliphatic heterocycles. The third kappa shape index (κ3) is 4.25. The zero-order valence-electron chi connectivity index (χ0n) is 15.0. The highest BCUT2D eigenvalue weighted by molar-refractivity contribution is 5.71. The molecule has 0 radical (unpaired) electrons. The van der Waals surface area contributed by atoms with Crippen molar-refractivity contribution in [2.75, 3.05) is 21.2 Å². The summed E-state index contributed by atoms with van der Waals surface area (Å²) >= 11 is 0. The number of hydrogen-bond acceptors (Lipinski definition) is 4. The lowest BCUT2D eigenvalue weighted by atomic mass is 10.1. The molecule has 0 N–H and O–H groups in total. The van der Waals surface area contributed by atoms with Crippen LogP contribution in [0.4, 0.5) is 4.79 Å². The van der Waals surface area contributed by atoms with Gasteiger partial charge in [0.15, 0.2) is 0 Å². The lowest BCUT2D eigenvalue weighted by Gasteiger charge is -2.20. The minimum Gasteiger partial charge on any atom is -0.497 e. The summed E-state index contributed by atoms with van der Waals surface area (Å²) in [5.41, 5.74) is 2.01. The van der Waals surface area contributed by atoms with E-state index >= 15 is 0 Å². The Hall–Kier alpha value is -3.21. The van der Waals surface area contributed by atoms with Gasteiger partial charge in [-0.25, -0.2) is 4.79 Å². The highest BCUT2D eigenvalue weighted by Crippen LogP contribution is 2.31. The van der Waals surface area contributed by atoms with Crippen LogP contribution < -0.4 is 14.2 Å². The lowest BCUT2D eigenvalue weighted by Crippen LogP contribution is -2.25. The standard InChI is InChI=1S/C21H21NO4/c1-22(2)21(23)26-19-13-8-16-7-12-18(25-20(16)14-19)11-6-15-4-9-17(24-3)10-5-15/h4-14,18H,1-3H3/b11-6+/t18-/m0/s1. The van der Waals surface area contributed by atoms with Crippen LogP contribution in [-0.2, 0) is 0 Å². The molecule has 5 nitrogen and oxygen atoms in total. The van der Waals surface area contributed by atoms with E-state index in [4.69, 9.17) is 14.2 Å². The van der Waals surface area contributed by atoms with Gasteiger partial charge in [0.1, 0.15) is 23.4 Å². The number of methoxy groups -OCH3 is 1. The van der Waals surface area contributed by atoms with Crippen LogP contribution in [0.15, 0.2) is 54.6 Å². The normalized spacial score (nSPS) is 15.3. The van der Waals surface area contributed by atoms with Crippen molar-refractivity contribution in [2.45, 2.75) is 6.10 Å². The topological polar surface area (TPSA) is 48.0 Å². The second-order valence-electron chi connectivity index (χ2n) is 6.04. The Morgan fingerprint density at radius 2 is 1.85 bits per heavy atom. The number of carbonyl (C=O) groups excluding carboxylic acids is 1. The van der Waals surface area contributed by atoms with E-state index in [0.717, 1.165) is 16.9 Å². The van der Waals surface area contributed by atoms with E-state index in [1.165, 1.54) is 4.90 Å². The van der Waals surface area contributed by atoms with E-state index in [2.05, 4.69) is 0 Å². The van der Waals surface area contributed by atoms with Gasteiger partial charge in [0.2, 0.25) is 0 Å². The third-order valence-electron chi connectivity index (χ3n) is 3.88. The van der Waals surface area contributed by atoms with Gasteiger partial charge in [-0.05, 0) is 42.0 Å². The van der Waals surface area contributed by atoms with Crippen LogP contribution in [0, 0.1) is 0 Å². The van der Waals surface area contributed by atoms with Crippen LogP contribution in [0.1, 0.15) is 11.1 Å². The van der Waals surface area contributed by atoms with Crippen molar-refractivity contribution in [1.82, 2.24) is 4.90 Å². The highest BCUT2D eigenvalue weighted by atomic mass is 16.6. The summed E-state index contributed by atoms with van der Waals surface area (Å²) in [6, 6.07) is 13.1. The fourth-order valence-electron chi connectivity index (χ4n) is 2.42. The zero-order chi connectivity index (χ0) is 18.5. The SMILES string of the molecule is COc1ccc(/C=C/[C@H]2C=Cc3ccc(OC(=O)N(C)C)cc3O2)cc1. The molecule has 0 bridgehead atoms. The Kier molecular flexibility index (Phi) is 5.27. The molecule has 0 saturated carbocycles. The molecule has 2 aromatic rings. The average Bonchev–Trinajstić information content (AvgIpc) is 2.66. The summed E-state index contributed by atoms with van der Waals surface area (Å²) < 4.78 is 16.4. The first-order valence-corrected chi connectivity index (χ1v) is 8.25. The van der Waals surface area contributed by atoms with Crippen molar-refractivity contribution >= 4 is 18.2 Å². The van der Waals surface area contributed by atoms with Crippen LogP contribution in [0.5, 0.6) is 17.2 Å². The molecule has 1 amide bonds. The Bertz CT molecular complexity index is 838. The Balaban J connectivity index is 1.69. The largest absolute Gasteiger partial charge is 0.497 e. The average molecular weight is 351 g/mol. The molecule has 0 fully saturated rings. The molecular formula is C21H21NO4. The zero-order valence-corrected chi connectivity index (χ0v) is 15.0. The van der Waals surface area contributed by atoms with Crippen molar-refractivity contribution in [3.8, 4) is 17.2 Å². The van der Waals surface area contributed by atoms with Crippen molar-refractivity contribution in [3.05, 3.63) is 65.7 Å². The van der Waals surface area contributed by atoms with E-state index in [1.54, 1.807) is 33.3 Å². The maximum absolute atomic E-state index is 11.7. The number of fused-ring (bicyclic) bond motifs is 1. The summed E-state index contributed by atoms with van der Waals surface area (Å²) in [5.74, 6) is 1.96. The molecular weight excluding hydrogens is 330 g/mol. The van der Waals surface area contributed by atoms with Gasteiger partial charge in [-0.2, -0.15) is 0 Å². The Morgan fingerprint density at radius 3 is 2.54 bits per heavy atom. The Labute approximate surface area is 153 Å². The number of carbonyl (C=O) groups is 1. The van der Waals surface area contributed by atoms with Gasteiger partial charge in [0.25, 0.3) is 0 Å². The maximum Gasteiger partial charge on any atom is 0.414 e. The van der Waals surface area contributed by atoms with E-state index in [9.17, 15) is 4.79 Å². The van der Waals surface area contributed by atoms with E-state index in [-0.39, 0.29) is 6.10 Å². The number of rotatable bonds is 4. The van der Waals surface area contributed by atoms with Crippen molar-refractivity contribution < 1.29 is 19.0 Å². The first kappa shape index (κ1) is 17.6. The van der Waals surface area contributed by atoms with Crippen LogP contribution in [0.2, 0.25) is 0 Å². The molecule has 3 rings (SSSR count). The summed E-state index contributed by atoms with van der Waals surface area (Å²) in [6.45, 7) is 0. The second-order valence-corrected chi connectivity index (χ2v) is 6.04. The van der Waals surface area contributed by atoms with E-state index < -0.39 is 6.09 Å². The van der Waals surface area contributed by atoms with E-state index in [0.29, 0.717) is 11.5 Å². The molecule has 0 aliphatic carbocycles. The van der Waals surface area contributed by atoms with Crippen LogP contribution >= 0.6 is 0 Å². The highest BCUT2D eigenvalue weighted by Gasteiger charge is 2.15. The molecule has 1 heterocycles. The fraction of sp³-hybridized carbons (Fsp3) is 0.190. The molecule has 0 saturated heterocycles. The number of nitrogens with zero attached hydrogens (tertiary/aromatic N) is 1. The molecule has 134 valence electrons. The summed E-state index contributed by atoms with van der Waals surface area (Å²) in [5, 5.41) is 0. The smallest absolute Gasteiger partial charge is 0.414 e. The number of ether oxygens (including phenoxy) is 3. The molecule has 0 unspecified atom stereocenters. The summed E-state index contributed by atoms with van der Waals surface area (Å²) in [7, 11) is 4.92. The molecule has 1 atom stereocenters. The first-order chi connectivity index (χ1) is 12.5. The summed E-state index contributed by atoms with van der Waals surface area (Å²) in [4.78, 5) is 13.1. The molecule has 2 aromatic carbocycles. The number of amides is 1. The third-order valence-corrected chi connectivity index (χ3v) is 3.88. The minimum atomic E-state index is -0.424. The fourth-order valence-corrected chi connectivity index (χ4v) is 2.42. The van der Waals surface area contributed by atoms with Crippen LogP contribution in [0.25, 0.3) is 12.2 Å². The maximum atomic E-state index is 11.7. The van der Waals surface area contributed by atoms with Gasteiger partial charge >= 0.3 is 6.09 Å². The number of benzene rings is 2. The van der Waals surface area contributed by atoms with Crippen LogP contribution in [0.3, 0.4) is 0 Å². The summed E-state index contributed by atoms with van der Waals surface area (Å²) in [6.07, 6.45) is 7.33. The van der Waals surface area contributed by atoms with Crippen molar-refractivity contribution in [1.29, 1.82) is 0 Å². The quantitative estimate of drug-likeness (QED) is 0.826. The monoisotopic (exact) mass is 351 g/mol. The predicted octanol–water partition coefficient (Wildman–Crippen LogP) is 4.24. The second kappa shape index (κ2) is 7.78. The molecule has 0 spiro atoms. The van der Waals surface area contributed by atoms with E-state index in [1.807, 2.05) is 54.6 Å². The predicted molar refractivity (Wildman–Crippen MR) is 102 cm³/mol. The van der Waals surface area contributed by atoms with Gasteiger partial charge in [0.05, 0.1) is 7.11 Å². The molecule has 0 aromatic heterocycles. The minimum absolute atomic E-state index is 0.190. The van der Waals surface area contributed by atoms with Crippen molar-refractivity contribution in [3.63, 3.8) is 0 Å². The molecule has 5 heteroatoms. The van der Waals surface area contributed by atoms with Gasteiger partial charge in [-0.3, -0.25) is 0 Å². The first-order valence-electron chi connectivity index (χ1n) is 8.25. The van der Waals surface area contributed by atoms with Crippen molar-refractivity contribution in [2.24, 2.45) is 0 Å². The van der Waals surface area contributed by atoms with Crippen LogP contribution in [-0.4, -0.2) is 38.3 Å². The van der Waals surface area contributed by atoms with Gasteiger partial charge in [-0.15, -0.1) is 0 Å².